The first-order chi connectivity index (χ1) is 9.76. The number of anilines is 1. The van der Waals surface area contributed by atoms with Gasteiger partial charge in [0.05, 0.1) is 11.3 Å². The first kappa shape index (κ1) is 14.5. The Hall–Kier alpha value is -1.92. The second kappa shape index (κ2) is 7.02. The highest BCUT2D eigenvalue weighted by atomic mass is 32.2. The predicted octanol–water partition coefficient (Wildman–Crippen LogP) is 3.96. The molecule has 0 bridgehead atoms. The van der Waals surface area contributed by atoms with Crippen molar-refractivity contribution in [2.45, 2.75) is 11.3 Å². The molecule has 2 aromatic carbocycles. The lowest BCUT2D eigenvalue weighted by molar-refractivity contribution is 0.873. The maximum absolute atomic E-state index is 9.37. The second-order valence-electron chi connectivity index (χ2n) is 4.62. The van der Waals surface area contributed by atoms with Crippen LogP contribution in [0.15, 0.2) is 53.4 Å². The highest BCUT2D eigenvalue weighted by Gasteiger charge is 2.11. The monoisotopic (exact) mass is 282 g/mol. The smallest absolute Gasteiger partial charge is 0.102 e. The topological polar surface area (TPSA) is 27.0 Å². The Labute approximate surface area is 125 Å². The Morgan fingerprint density at radius 3 is 2.50 bits per heavy atom. The third kappa shape index (κ3) is 3.34. The van der Waals surface area contributed by atoms with E-state index in [9.17, 15) is 5.26 Å². The van der Waals surface area contributed by atoms with Gasteiger partial charge in [0, 0.05) is 18.5 Å². The molecule has 0 spiro atoms. The number of nitrogens with zero attached hydrogens (tertiary/aromatic N) is 2. The zero-order chi connectivity index (χ0) is 14.4. The molecule has 0 aliphatic heterocycles. The predicted molar refractivity (Wildman–Crippen MR) is 86.4 cm³/mol. The largest absolute Gasteiger partial charge is 0.373 e. The number of nitriles is 1. The van der Waals surface area contributed by atoms with Crippen molar-refractivity contribution in [2.75, 3.05) is 24.7 Å². The summed E-state index contributed by atoms with van der Waals surface area (Å²) < 4.78 is 0. The van der Waals surface area contributed by atoms with Crippen LogP contribution in [0, 0.1) is 11.3 Å². The summed E-state index contributed by atoms with van der Waals surface area (Å²) in [5.41, 5.74) is 3.10. The summed E-state index contributed by atoms with van der Waals surface area (Å²) in [5.74, 6) is 0. The fourth-order valence-corrected chi connectivity index (χ4v) is 2.75. The molecule has 0 heterocycles. The van der Waals surface area contributed by atoms with Crippen molar-refractivity contribution in [2.24, 2.45) is 0 Å². The number of hydrogen-bond donors (Lipinski definition) is 0. The summed E-state index contributed by atoms with van der Waals surface area (Å²) in [6.45, 7) is 0.899. The van der Waals surface area contributed by atoms with E-state index in [0.717, 1.165) is 29.1 Å². The van der Waals surface area contributed by atoms with Gasteiger partial charge in [-0.1, -0.05) is 36.4 Å². The third-order valence-electron chi connectivity index (χ3n) is 3.33. The normalized spacial score (nSPS) is 10.1. The van der Waals surface area contributed by atoms with Crippen molar-refractivity contribution >= 4 is 17.4 Å². The summed E-state index contributed by atoms with van der Waals surface area (Å²) >= 11 is 1.62. The molecule has 0 fully saturated rings. The minimum atomic E-state index is 0.774. The van der Waals surface area contributed by atoms with Crippen LogP contribution in [0.25, 0.3) is 0 Å². The molecule has 20 heavy (non-hydrogen) atoms. The molecule has 102 valence electrons. The van der Waals surface area contributed by atoms with Crippen LogP contribution in [0.3, 0.4) is 0 Å². The van der Waals surface area contributed by atoms with E-state index < -0.39 is 0 Å². The first-order valence-electron chi connectivity index (χ1n) is 6.58. The van der Waals surface area contributed by atoms with Gasteiger partial charge >= 0.3 is 0 Å². The van der Waals surface area contributed by atoms with E-state index in [4.69, 9.17) is 0 Å². The van der Waals surface area contributed by atoms with Gasteiger partial charge < -0.3 is 4.90 Å². The van der Waals surface area contributed by atoms with E-state index in [-0.39, 0.29) is 0 Å². The van der Waals surface area contributed by atoms with Crippen molar-refractivity contribution < 1.29 is 0 Å². The molecular weight excluding hydrogens is 264 g/mol. The summed E-state index contributed by atoms with van der Waals surface area (Å²) in [6, 6.07) is 18.8. The van der Waals surface area contributed by atoms with Crippen LogP contribution in [0.1, 0.15) is 11.1 Å². The number of hydrogen-bond acceptors (Lipinski definition) is 3. The molecule has 3 heteroatoms. The van der Waals surface area contributed by atoms with E-state index in [1.54, 1.807) is 11.8 Å². The van der Waals surface area contributed by atoms with Crippen molar-refractivity contribution in [1.82, 2.24) is 0 Å². The van der Waals surface area contributed by atoms with E-state index >= 15 is 0 Å². The summed E-state index contributed by atoms with van der Waals surface area (Å²) in [5, 5.41) is 9.37. The van der Waals surface area contributed by atoms with Gasteiger partial charge in [-0.15, -0.1) is 11.8 Å². The maximum atomic E-state index is 9.37. The third-order valence-corrected chi connectivity index (χ3v) is 4.11. The summed E-state index contributed by atoms with van der Waals surface area (Å²) in [6.07, 6.45) is 2.98. The van der Waals surface area contributed by atoms with Gasteiger partial charge in [-0.25, -0.2) is 0 Å². The number of benzene rings is 2. The Bertz CT molecular complexity index is 602. The minimum absolute atomic E-state index is 0.774. The average Bonchev–Trinajstić information content (AvgIpc) is 2.52. The SMILES string of the molecule is CSc1cccc(N(C)CCc2ccccc2)c1C#N. The van der Waals surface area contributed by atoms with Gasteiger partial charge in [-0.05, 0) is 30.4 Å². The van der Waals surface area contributed by atoms with Crippen LogP contribution in [0.5, 0.6) is 0 Å². The van der Waals surface area contributed by atoms with Crippen molar-refractivity contribution in [3.63, 3.8) is 0 Å². The number of likely N-dealkylation sites (N-methyl/N-ethyl adjacent to an activating group) is 1. The second-order valence-corrected chi connectivity index (χ2v) is 5.47. The maximum Gasteiger partial charge on any atom is 0.102 e. The lowest BCUT2D eigenvalue weighted by Gasteiger charge is -2.21. The molecule has 0 aliphatic rings. The molecule has 0 N–H and O–H groups in total. The van der Waals surface area contributed by atoms with E-state index in [2.05, 4.69) is 35.2 Å². The fourth-order valence-electron chi connectivity index (χ4n) is 2.18. The Kier molecular flexibility index (Phi) is 5.09. The van der Waals surface area contributed by atoms with E-state index in [1.165, 1.54) is 5.56 Å². The van der Waals surface area contributed by atoms with Crippen molar-refractivity contribution in [3.05, 3.63) is 59.7 Å². The van der Waals surface area contributed by atoms with Crippen LogP contribution >= 0.6 is 11.8 Å². The minimum Gasteiger partial charge on any atom is -0.373 e. The Morgan fingerprint density at radius 2 is 1.85 bits per heavy atom. The first-order valence-corrected chi connectivity index (χ1v) is 7.81. The molecule has 0 unspecified atom stereocenters. The summed E-state index contributed by atoms with van der Waals surface area (Å²) in [4.78, 5) is 3.20. The molecule has 0 amide bonds. The van der Waals surface area contributed by atoms with Crippen molar-refractivity contribution in [1.29, 1.82) is 5.26 Å². The van der Waals surface area contributed by atoms with Crippen molar-refractivity contribution in [3.8, 4) is 6.07 Å². The average molecular weight is 282 g/mol. The van der Waals surface area contributed by atoms with Crippen LogP contribution in [-0.2, 0) is 6.42 Å². The van der Waals surface area contributed by atoms with Gasteiger partial charge in [-0.3, -0.25) is 0 Å². The zero-order valence-corrected chi connectivity index (χ0v) is 12.7. The molecule has 0 atom stereocenters. The molecule has 2 nitrogen and oxygen atoms in total. The highest BCUT2D eigenvalue weighted by Crippen LogP contribution is 2.28. The van der Waals surface area contributed by atoms with Gasteiger partial charge in [-0.2, -0.15) is 5.26 Å². The molecule has 0 radical (unpaired) electrons. The molecule has 0 aromatic heterocycles. The Morgan fingerprint density at radius 1 is 1.10 bits per heavy atom. The van der Waals surface area contributed by atoms with Crippen LogP contribution in [-0.4, -0.2) is 19.8 Å². The molecule has 2 rings (SSSR count). The lowest BCUT2D eigenvalue weighted by atomic mass is 10.1. The van der Waals surface area contributed by atoms with E-state index in [1.807, 2.05) is 37.6 Å². The molecule has 0 saturated heterocycles. The quantitative estimate of drug-likeness (QED) is 0.777. The number of rotatable bonds is 5. The highest BCUT2D eigenvalue weighted by molar-refractivity contribution is 7.98. The molecular formula is C17H18N2S. The summed E-state index contributed by atoms with van der Waals surface area (Å²) in [7, 11) is 2.04. The standard InChI is InChI=1S/C17H18N2S/c1-19(12-11-14-7-4-3-5-8-14)16-9-6-10-17(20-2)15(16)13-18/h3-10H,11-12H2,1-2H3. The van der Waals surface area contributed by atoms with Gasteiger partial charge in [0.25, 0.3) is 0 Å². The number of thioether (sulfide) groups is 1. The molecule has 2 aromatic rings. The Balaban J connectivity index is 2.13. The van der Waals surface area contributed by atoms with Gasteiger partial charge in [0.2, 0.25) is 0 Å². The van der Waals surface area contributed by atoms with Crippen LogP contribution < -0.4 is 4.90 Å². The van der Waals surface area contributed by atoms with Gasteiger partial charge in [0.1, 0.15) is 6.07 Å². The molecule has 0 aliphatic carbocycles. The fraction of sp³-hybridized carbons (Fsp3) is 0.235. The van der Waals surface area contributed by atoms with E-state index in [0.29, 0.717) is 0 Å². The van der Waals surface area contributed by atoms with Gasteiger partial charge in [0.15, 0.2) is 0 Å². The van der Waals surface area contributed by atoms with Crippen LogP contribution in [0.4, 0.5) is 5.69 Å². The van der Waals surface area contributed by atoms with Crippen LogP contribution in [0.2, 0.25) is 0 Å². The molecule has 0 saturated carbocycles. The zero-order valence-electron chi connectivity index (χ0n) is 11.8. The lowest BCUT2D eigenvalue weighted by Crippen LogP contribution is -2.21.